The topological polar surface area (TPSA) is 85.5 Å². The molecule has 1 unspecified atom stereocenters. The molecule has 0 N–H and O–H groups in total. The molecule has 8 nitrogen and oxygen atoms in total. The van der Waals surface area contributed by atoms with Crippen LogP contribution in [0.5, 0.6) is 0 Å². The van der Waals surface area contributed by atoms with E-state index in [9.17, 15) is 4.79 Å². The average Bonchev–Trinajstić information content (AvgIpc) is 3.07. The smallest absolute Gasteiger partial charge is 0.376 e. The first kappa shape index (κ1) is 20.1. The van der Waals surface area contributed by atoms with Crippen molar-refractivity contribution in [1.29, 1.82) is 0 Å². The Kier molecular flexibility index (Phi) is 7.14. The average molecular weight is 492 g/mol. The summed E-state index contributed by atoms with van der Waals surface area (Å²) in [5.41, 5.74) is 3.03. The van der Waals surface area contributed by atoms with Crippen LogP contribution in [0.4, 0.5) is 0 Å². The van der Waals surface area contributed by atoms with Crippen molar-refractivity contribution in [1.82, 2.24) is 22.7 Å². The summed E-state index contributed by atoms with van der Waals surface area (Å²) in [6.45, 7) is 4.00. The summed E-state index contributed by atoms with van der Waals surface area (Å²) >= 11 is 3.55. The highest BCUT2D eigenvalue weighted by Crippen LogP contribution is 2.33. The van der Waals surface area contributed by atoms with Crippen molar-refractivity contribution in [3.8, 4) is 0 Å². The molecule has 0 radical (unpaired) electrons. The number of carbonyl (C=O) groups is 1. The Balaban J connectivity index is 0.00000109. The highest BCUT2D eigenvalue weighted by Gasteiger charge is 2.28. The lowest BCUT2D eigenvalue weighted by molar-refractivity contribution is 0.0586. The highest BCUT2D eigenvalue weighted by atomic mass is 127. The lowest BCUT2D eigenvalue weighted by atomic mass is 10.1. The second-order valence-electron chi connectivity index (χ2n) is 4.47. The highest BCUT2D eigenvalue weighted by molar-refractivity contribution is 14.1. The molecule has 0 saturated heterocycles. The zero-order chi connectivity index (χ0) is 18.6. The normalized spacial score (nSPS) is 13.7. The Bertz CT molecular complexity index is 813. The van der Waals surface area contributed by atoms with E-state index in [0.29, 0.717) is 10.7 Å². The Hall–Kier alpha value is -1.26. The monoisotopic (exact) mass is 492 g/mol. The zero-order valence-corrected chi connectivity index (χ0v) is 18.4. The summed E-state index contributed by atoms with van der Waals surface area (Å²) in [5.74, 6) is -0.482. The van der Waals surface area contributed by atoms with Crippen LogP contribution in [0.2, 0.25) is 0 Å². The molecule has 0 fully saturated rings. The molecule has 25 heavy (non-hydrogen) atoms. The van der Waals surface area contributed by atoms with Gasteiger partial charge in [-0.25, -0.2) is 17.8 Å². The predicted molar refractivity (Wildman–Crippen MR) is 109 cm³/mol. The summed E-state index contributed by atoms with van der Waals surface area (Å²) < 4.78 is 8.22. The largest absolute Gasteiger partial charge is 0.463 e. The number of fused-ring (bicyclic) bond motifs is 1. The van der Waals surface area contributed by atoms with E-state index in [0.717, 1.165) is 16.7 Å². The molecule has 11 heteroatoms. The number of esters is 1. The minimum atomic E-state index is -0.546. The molecule has 0 aromatic carbocycles. The summed E-state index contributed by atoms with van der Waals surface area (Å²) in [4.78, 5) is 20.5. The lowest BCUT2D eigenvalue weighted by Crippen LogP contribution is -2.28. The molecular formula is C14H18IN6O2PS. The molecule has 3 rings (SSSR count). The summed E-state index contributed by atoms with van der Waals surface area (Å²) in [7, 11) is 3.37. The van der Waals surface area contributed by atoms with E-state index in [1.165, 1.54) is 18.9 Å². The number of hydrogen-bond donors (Lipinski definition) is 0. The number of hydrazone groups is 1. The maximum absolute atomic E-state index is 11.8. The maximum atomic E-state index is 11.8. The third-order valence-electron chi connectivity index (χ3n) is 3.02. The predicted octanol–water partition coefficient (Wildman–Crippen LogP) is 2.38. The van der Waals surface area contributed by atoms with Crippen molar-refractivity contribution in [3.05, 3.63) is 29.3 Å². The van der Waals surface area contributed by atoms with E-state index in [2.05, 4.69) is 43.0 Å². The van der Waals surface area contributed by atoms with E-state index < -0.39 is 5.97 Å². The molecule has 0 spiro atoms. The molecule has 1 aliphatic rings. The molecule has 1 atom stereocenters. The summed E-state index contributed by atoms with van der Waals surface area (Å²) in [6, 6.07) is 1.89. The van der Waals surface area contributed by atoms with Crippen LogP contribution in [0.15, 0.2) is 22.4 Å². The van der Waals surface area contributed by atoms with Crippen molar-refractivity contribution < 1.29 is 9.53 Å². The summed E-state index contributed by atoms with van der Waals surface area (Å²) in [6.07, 6.45) is 3.76. The van der Waals surface area contributed by atoms with Crippen LogP contribution < -0.4 is 5.44 Å². The van der Waals surface area contributed by atoms with Crippen LogP contribution in [-0.2, 0) is 11.8 Å². The maximum Gasteiger partial charge on any atom is 0.376 e. The number of ether oxygens (including phenoxy) is 1. The van der Waals surface area contributed by atoms with Crippen molar-refractivity contribution >= 4 is 60.5 Å². The van der Waals surface area contributed by atoms with Crippen molar-refractivity contribution in [2.45, 2.75) is 18.9 Å². The number of nitrogens with zero attached hydrogens (tertiary/aromatic N) is 6. The minimum absolute atomic E-state index is 0.0650. The first-order valence-corrected chi connectivity index (χ1v) is 10.5. The van der Waals surface area contributed by atoms with Crippen molar-refractivity contribution in [3.63, 3.8) is 0 Å². The fraction of sp³-hybridized carbons (Fsp3) is 0.357. The van der Waals surface area contributed by atoms with Crippen LogP contribution in [0.1, 0.15) is 35.7 Å². The molecule has 1 aliphatic heterocycles. The van der Waals surface area contributed by atoms with Gasteiger partial charge in [-0.15, -0.1) is 11.8 Å². The van der Waals surface area contributed by atoms with Gasteiger partial charge in [0.15, 0.2) is 0 Å². The number of carbonyl (C=O) groups excluding carboxylic acids is 1. The van der Waals surface area contributed by atoms with Gasteiger partial charge in [0.1, 0.15) is 16.4 Å². The minimum Gasteiger partial charge on any atom is -0.463 e. The van der Waals surface area contributed by atoms with E-state index >= 15 is 0 Å². The standard InChI is InChI=1S/C12H12IN6O2PS.C2H6/c1-18-5-4-6(16-18)8-7-10(22-19(13)17-8)14-9(12(20)21-2)15-11(7)23-3;1-2/h4-5,22H,1-3H3;1-2H3. The van der Waals surface area contributed by atoms with Gasteiger partial charge < -0.3 is 4.74 Å². The van der Waals surface area contributed by atoms with Gasteiger partial charge in [0.25, 0.3) is 0 Å². The van der Waals surface area contributed by atoms with Crippen LogP contribution in [-0.4, -0.2) is 47.8 Å². The Labute approximate surface area is 166 Å². The van der Waals surface area contributed by atoms with E-state index in [4.69, 9.17) is 4.74 Å². The molecule has 0 aliphatic carbocycles. The van der Waals surface area contributed by atoms with Gasteiger partial charge >= 0.3 is 5.97 Å². The molecule has 0 bridgehead atoms. The second kappa shape index (κ2) is 8.91. The lowest BCUT2D eigenvalue weighted by Gasteiger charge is -2.22. The number of methoxy groups -OCH3 is 1. The third kappa shape index (κ3) is 4.29. The molecular weight excluding hydrogens is 474 g/mol. The van der Waals surface area contributed by atoms with Crippen LogP contribution in [0.25, 0.3) is 0 Å². The zero-order valence-electron chi connectivity index (χ0n) is 14.4. The Morgan fingerprint density at radius 2 is 2.08 bits per heavy atom. The van der Waals surface area contributed by atoms with E-state index in [1.54, 1.807) is 7.67 Å². The fourth-order valence-electron chi connectivity index (χ4n) is 2.04. The van der Waals surface area contributed by atoms with E-state index in [1.807, 2.05) is 39.4 Å². The molecule has 2 aromatic heterocycles. The van der Waals surface area contributed by atoms with Gasteiger partial charge in [0, 0.05) is 13.2 Å². The van der Waals surface area contributed by atoms with Gasteiger partial charge in [-0.1, -0.05) is 13.8 Å². The Morgan fingerprint density at radius 3 is 2.64 bits per heavy atom. The number of thioether (sulfide) groups is 1. The summed E-state index contributed by atoms with van der Waals surface area (Å²) in [5, 5.41) is 9.68. The molecule has 0 amide bonds. The number of aromatic nitrogens is 4. The molecule has 134 valence electrons. The van der Waals surface area contributed by atoms with Crippen LogP contribution in [0.3, 0.4) is 0 Å². The van der Waals surface area contributed by atoms with Gasteiger partial charge in [-0.3, -0.25) is 4.68 Å². The van der Waals surface area contributed by atoms with Crippen LogP contribution in [0, 0.1) is 0 Å². The third-order valence-corrected chi connectivity index (χ3v) is 5.50. The van der Waals surface area contributed by atoms with Gasteiger partial charge in [-0.05, 0) is 12.3 Å². The molecule has 2 aromatic rings. The quantitative estimate of drug-likeness (QED) is 0.163. The van der Waals surface area contributed by atoms with Crippen molar-refractivity contribution in [2.24, 2.45) is 12.1 Å². The van der Waals surface area contributed by atoms with Crippen LogP contribution >= 0.6 is 43.4 Å². The Morgan fingerprint density at radius 1 is 1.36 bits per heavy atom. The number of rotatable bonds is 3. The number of aryl methyl sites for hydroxylation is 1. The van der Waals surface area contributed by atoms with Gasteiger partial charge in [0.05, 0.1) is 49.7 Å². The van der Waals surface area contributed by atoms with Gasteiger partial charge in [0.2, 0.25) is 5.82 Å². The first-order chi connectivity index (χ1) is 12.0. The van der Waals surface area contributed by atoms with Crippen molar-refractivity contribution in [2.75, 3.05) is 13.4 Å². The second-order valence-corrected chi connectivity index (χ2v) is 8.21. The molecule has 0 saturated carbocycles. The number of hydrogen-bond acceptors (Lipinski definition) is 8. The first-order valence-electron chi connectivity index (χ1n) is 7.39. The number of halogens is 1. The van der Waals surface area contributed by atoms with Gasteiger partial charge in [-0.2, -0.15) is 10.2 Å². The fourth-order valence-corrected chi connectivity index (χ4v) is 4.43. The van der Waals surface area contributed by atoms with E-state index in [-0.39, 0.29) is 14.6 Å². The molecule has 3 heterocycles. The SMILES string of the molecule is CC.COC(=O)c1nc2c(c(SC)n1)C(c1ccn(C)n1)=NN(I)P2.